The van der Waals surface area contributed by atoms with Crippen molar-refractivity contribution in [3.63, 3.8) is 0 Å². The van der Waals surface area contributed by atoms with Gasteiger partial charge in [-0.15, -0.1) is 11.8 Å². The van der Waals surface area contributed by atoms with Crippen LogP contribution < -0.4 is 5.73 Å². The number of ketones is 1. The topological polar surface area (TPSA) is 43.1 Å². The van der Waals surface area contributed by atoms with Gasteiger partial charge in [-0.3, -0.25) is 4.79 Å². The third-order valence-corrected chi connectivity index (χ3v) is 3.81. The van der Waals surface area contributed by atoms with Crippen molar-refractivity contribution in [3.05, 3.63) is 0 Å². The number of carbonyl (C=O) groups excluding carboxylic acids is 1. The van der Waals surface area contributed by atoms with E-state index in [0.29, 0.717) is 0 Å². The van der Waals surface area contributed by atoms with Gasteiger partial charge in [-0.2, -0.15) is 0 Å². The van der Waals surface area contributed by atoms with E-state index in [1.807, 2.05) is 6.92 Å². The Morgan fingerprint density at radius 1 is 1.64 bits per heavy atom. The lowest BCUT2D eigenvalue weighted by atomic mass is 9.98. The first-order valence-corrected chi connectivity index (χ1v) is 5.05. The van der Waals surface area contributed by atoms with E-state index in [-0.39, 0.29) is 17.1 Å². The van der Waals surface area contributed by atoms with Gasteiger partial charge >= 0.3 is 0 Å². The smallest absolute Gasteiger partial charge is 0.162 e. The summed E-state index contributed by atoms with van der Waals surface area (Å²) in [7, 11) is 0. The van der Waals surface area contributed by atoms with Gasteiger partial charge in [0.15, 0.2) is 5.78 Å². The van der Waals surface area contributed by atoms with Gasteiger partial charge < -0.3 is 5.73 Å². The Kier molecular flexibility index (Phi) is 2.96. The van der Waals surface area contributed by atoms with Crippen LogP contribution in [-0.4, -0.2) is 22.8 Å². The molecule has 0 amide bonds. The molecule has 0 aromatic heterocycles. The molecule has 11 heavy (non-hydrogen) atoms. The molecular formula is C8H15NOS. The van der Waals surface area contributed by atoms with E-state index in [9.17, 15) is 4.79 Å². The summed E-state index contributed by atoms with van der Waals surface area (Å²) in [5.74, 6) is 1.32. The average molecular weight is 173 g/mol. The Morgan fingerprint density at radius 2 is 2.36 bits per heavy atom. The lowest BCUT2D eigenvalue weighted by molar-refractivity contribution is -0.119. The number of carbonyl (C=O) groups is 1. The molecule has 0 aromatic carbocycles. The summed E-state index contributed by atoms with van der Waals surface area (Å²) in [5, 5.41) is 0. The highest BCUT2D eigenvalue weighted by Crippen LogP contribution is 2.36. The predicted molar refractivity (Wildman–Crippen MR) is 48.8 cm³/mol. The number of rotatable bonds is 2. The minimum absolute atomic E-state index is 0.160. The second kappa shape index (κ2) is 3.59. The molecule has 2 N–H and O–H groups in total. The van der Waals surface area contributed by atoms with Crippen LogP contribution in [0.25, 0.3) is 0 Å². The summed E-state index contributed by atoms with van der Waals surface area (Å²) in [6, 6.07) is 0. The maximum Gasteiger partial charge on any atom is 0.162 e. The van der Waals surface area contributed by atoms with Gasteiger partial charge in [0.25, 0.3) is 0 Å². The molecule has 1 fully saturated rings. The van der Waals surface area contributed by atoms with Gasteiger partial charge in [0.2, 0.25) is 0 Å². The summed E-state index contributed by atoms with van der Waals surface area (Å²) < 4.78 is -0.160. The molecule has 1 unspecified atom stereocenters. The number of Topliss-reactive ketones (excluding diaryl/α,β-unsaturated/α-hetero) is 1. The van der Waals surface area contributed by atoms with Gasteiger partial charge in [0, 0.05) is 0 Å². The fourth-order valence-corrected chi connectivity index (χ4v) is 2.70. The summed E-state index contributed by atoms with van der Waals surface area (Å²) in [5.41, 5.74) is 5.33. The molecule has 64 valence electrons. The maximum absolute atomic E-state index is 11.3. The van der Waals surface area contributed by atoms with Crippen LogP contribution in [0.1, 0.15) is 26.2 Å². The van der Waals surface area contributed by atoms with Crippen LogP contribution in [0.2, 0.25) is 0 Å². The lowest BCUT2D eigenvalue weighted by Crippen LogP contribution is -2.38. The minimum atomic E-state index is -0.160. The van der Waals surface area contributed by atoms with Gasteiger partial charge in [0.05, 0.1) is 11.3 Å². The molecule has 0 bridgehead atoms. The molecule has 3 heteroatoms. The Labute approximate surface area is 71.9 Å². The van der Waals surface area contributed by atoms with Crippen LogP contribution in [0.5, 0.6) is 0 Å². The van der Waals surface area contributed by atoms with E-state index in [4.69, 9.17) is 5.73 Å². The standard InChI is InChI=1S/C8H15NOS/c1-8(7(10)6-9)4-2-3-5-11-8/h2-6,9H2,1H3. The Morgan fingerprint density at radius 3 is 2.82 bits per heavy atom. The zero-order valence-corrected chi connectivity index (χ0v) is 7.75. The van der Waals surface area contributed by atoms with Crippen molar-refractivity contribution >= 4 is 17.5 Å². The lowest BCUT2D eigenvalue weighted by Gasteiger charge is -2.30. The molecule has 1 atom stereocenters. The molecule has 1 heterocycles. The molecule has 0 saturated carbocycles. The number of hydrogen-bond donors (Lipinski definition) is 1. The molecule has 0 aliphatic carbocycles. The second-order valence-corrected chi connectivity index (χ2v) is 4.76. The van der Waals surface area contributed by atoms with Crippen LogP contribution >= 0.6 is 11.8 Å². The summed E-state index contributed by atoms with van der Waals surface area (Å²) in [4.78, 5) is 11.3. The first-order valence-electron chi connectivity index (χ1n) is 4.06. The fourth-order valence-electron chi connectivity index (χ4n) is 1.37. The van der Waals surface area contributed by atoms with Crippen molar-refractivity contribution in [1.29, 1.82) is 0 Å². The van der Waals surface area contributed by atoms with Crippen molar-refractivity contribution < 1.29 is 4.79 Å². The normalized spacial score (nSPS) is 31.8. The van der Waals surface area contributed by atoms with Crippen molar-refractivity contribution in [1.82, 2.24) is 0 Å². The molecular weight excluding hydrogens is 158 g/mol. The number of nitrogens with two attached hydrogens (primary N) is 1. The molecule has 1 rings (SSSR count). The van der Waals surface area contributed by atoms with E-state index < -0.39 is 0 Å². The fraction of sp³-hybridized carbons (Fsp3) is 0.875. The van der Waals surface area contributed by atoms with Crippen LogP contribution in [0, 0.1) is 0 Å². The maximum atomic E-state index is 11.3. The molecule has 1 aliphatic rings. The monoisotopic (exact) mass is 173 g/mol. The van der Waals surface area contributed by atoms with Gasteiger partial charge in [-0.25, -0.2) is 0 Å². The molecule has 0 spiro atoms. The third-order valence-electron chi connectivity index (χ3n) is 2.24. The zero-order valence-electron chi connectivity index (χ0n) is 6.93. The average Bonchev–Trinajstić information content (AvgIpc) is 2.04. The summed E-state index contributed by atoms with van der Waals surface area (Å²) in [6.45, 7) is 2.22. The van der Waals surface area contributed by atoms with Crippen LogP contribution in [-0.2, 0) is 4.79 Å². The molecule has 1 saturated heterocycles. The van der Waals surface area contributed by atoms with Gasteiger partial charge in [-0.1, -0.05) is 6.42 Å². The van der Waals surface area contributed by atoms with Crippen molar-refractivity contribution in [3.8, 4) is 0 Å². The Hall–Kier alpha value is -0.0200. The summed E-state index contributed by atoms with van der Waals surface area (Å²) >= 11 is 1.77. The highest BCUT2D eigenvalue weighted by molar-refractivity contribution is 8.01. The Balaban J connectivity index is 2.56. The largest absolute Gasteiger partial charge is 0.324 e. The van der Waals surface area contributed by atoms with Crippen molar-refractivity contribution in [2.75, 3.05) is 12.3 Å². The van der Waals surface area contributed by atoms with E-state index in [1.165, 1.54) is 12.8 Å². The van der Waals surface area contributed by atoms with Crippen LogP contribution in [0.4, 0.5) is 0 Å². The molecule has 0 radical (unpaired) electrons. The van der Waals surface area contributed by atoms with Crippen molar-refractivity contribution in [2.24, 2.45) is 5.73 Å². The minimum Gasteiger partial charge on any atom is -0.324 e. The first kappa shape index (κ1) is 9.07. The number of thioether (sulfide) groups is 1. The highest BCUT2D eigenvalue weighted by atomic mass is 32.2. The van der Waals surface area contributed by atoms with Gasteiger partial charge in [0.1, 0.15) is 0 Å². The second-order valence-electron chi connectivity index (χ2n) is 3.16. The van der Waals surface area contributed by atoms with Gasteiger partial charge in [-0.05, 0) is 25.5 Å². The SMILES string of the molecule is CC1(C(=O)CN)CCCCS1. The van der Waals surface area contributed by atoms with E-state index >= 15 is 0 Å². The first-order chi connectivity index (χ1) is 5.19. The molecule has 1 aliphatic heterocycles. The Bertz CT molecular complexity index is 152. The predicted octanol–water partition coefficient (Wildman–Crippen LogP) is 1.19. The summed E-state index contributed by atoms with van der Waals surface area (Å²) in [6.07, 6.45) is 3.43. The van der Waals surface area contributed by atoms with E-state index in [0.717, 1.165) is 12.2 Å². The van der Waals surface area contributed by atoms with Crippen molar-refractivity contribution in [2.45, 2.75) is 30.9 Å². The van der Waals surface area contributed by atoms with Crippen LogP contribution in [0.3, 0.4) is 0 Å². The molecule has 0 aromatic rings. The third kappa shape index (κ3) is 1.97. The zero-order chi connectivity index (χ0) is 8.32. The van der Waals surface area contributed by atoms with Crippen LogP contribution in [0.15, 0.2) is 0 Å². The van der Waals surface area contributed by atoms with E-state index in [2.05, 4.69) is 0 Å². The quantitative estimate of drug-likeness (QED) is 0.682. The van der Waals surface area contributed by atoms with E-state index in [1.54, 1.807) is 11.8 Å². The number of hydrogen-bond acceptors (Lipinski definition) is 3. The molecule has 2 nitrogen and oxygen atoms in total. The highest BCUT2D eigenvalue weighted by Gasteiger charge is 2.33.